The van der Waals surface area contributed by atoms with Crippen LogP contribution in [0.5, 0.6) is 11.5 Å². The van der Waals surface area contributed by atoms with Crippen LogP contribution in [0.25, 0.3) is 0 Å². The van der Waals surface area contributed by atoms with Crippen molar-refractivity contribution in [3.8, 4) is 11.5 Å². The summed E-state index contributed by atoms with van der Waals surface area (Å²) < 4.78 is 34.2. The second-order valence-corrected chi connectivity index (χ2v) is 8.67. The van der Waals surface area contributed by atoms with Crippen LogP contribution in [0.3, 0.4) is 0 Å². The van der Waals surface area contributed by atoms with Gasteiger partial charge in [-0.2, -0.15) is 0 Å². The summed E-state index contributed by atoms with van der Waals surface area (Å²) in [7, 11) is -3.34. The Morgan fingerprint density at radius 3 is 2.73 bits per heavy atom. The van der Waals surface area contributed by atoms with Crippen LogP contribution in [0.1, 0.15) is 28.3 Å². The first kappa shape index (κ1) is 16.9. The molecule has 0 aromatic heterocycles. The van der Waals surface area contributed by atoms with E-state index < -0.39 is 9.84 Å². The molecule has 2 heterocycles. The van der Waals surface area contributed by atoms with E-state index >= 15 is 0 Å². The minimum absolute atomic E-state index is 0.140. The molecule has 2 aliphatic heterocycles. The molecule has 4 rings (SSSR count). The van der Waals surface area contributed by atoms with Crippen molar-refractivity contribution in [2.75, 3.05) is 26.1 Å². The maximum Gasteiger partial charge on any atom is 0.253 e. The normalized spacial score (nSPS) is 19.0. The van der Waals surface area contributed by atoms with Gasteiger partial charge in [-0.25, -0.2) is 8.42 Å². The van der Waals surface area contributed by atoms with Gasteiger partial charge >= 0.3 is 0 Å². The Morgan fingerprint density at radius 1 is 1.12 bits per heavy atom. The summed E-state index contributed by atoms with van der Waals surface area (Å²) in [4.78, 5) is 14.7. The molecule has 0 aliphatic carbocycles. The molecule has 2 aromatic rings. The zero-order valence-corrected chi connectivity index (χ0v) is 15.2. The molecule has 1 atom stereocenters. The van der Waals surface area contributed by atoms with Crippen molar-refractivity contribution in [1.82, 2.24) is 4.90 Å². The average molecular weight is 373 g/mol. The van der Waals surface area contributed by atoms with Crippen molar-refractivity contribution >= 4 is 15.7 Å². The van der Waals surface area contributed by atoms with E-state index in [4.69, 9.17) is 9.47 Å². The maximum absolute atomic E-state index is 12.8. The van der Waals surface area contributed by atoms with Gasteiger partial charge in [-0.1, -0.05) is 12.1 Å². The monoisotopic (exact) mass is 373 g/mol. The third kappa shape index (κ3) is 3.14. The third-order valence-corrected chi connectivity index (χ3v) is 5.96. The Labute approximate surface area is 152 Å². The van der Waals surface area contributed by atoms with Gasteiger partial charge in [0.25, 0.3) is 5.91 Å². The highest BCUT2D eigenvalue weighted by molar-refractivity contribution is 7.90. The van der Waals surface area contributed by atoms with Gasteiger partial charge in [-0.15, -0.1) is 0 Å². The molecule has 1 unspecified atom stereocenters. The van der Waals surface area contributed by atoms with E-state index in [1.807, 2.05) is 18.2 Å². The minimum Gasteiger partial charge on any atom is -0.454 e. The third-order valence-electron chi connectivity index (χ3n) is 4.85. The van der Waals surface area contributed by atoms with Gasteiger partial charge in [-0.05, 0) is 42.3 Å². The predicted molar refractivity (Wildman–Crippen MR) is 95.4 cm³/mol. The summed E-state index contributed by atoms with van der Waals surface area (Å²) in [6.07, 6.45) is 2.00. The Morgan fingerprint density at radius 2 is 1.92 bits per heavy atom. The van der Waals surface area contributed by atoms with Gasteiger partial charge in [0, 0.05) is 30.8 Å². The lowest BCUT2D eigenvalue weighted by atomic mass is 9.98. The Hall–Kier alpha value is -2.54. The number of hydrogen-bond donors (Lipinski definition) is 0. The molecule has 26 heavy (non-hydrogen) atoms. The molecule has 0 radical (unpaired) electrons. The van der Waals surface area contributed by atoms with Crippen molar-refractivity contribution < 1.29 is 22.7 Å². The van der Waals surface area contributed by atoms with Gasteiger partial charge < -0.3 is 14.4 Å². The SMILES string of the molecule is CS(=O)(=O)c1cccc(C(=O)N2CCC(c3ccc4c(c3)OCO4)C2)c1. The summed E-state index contributed by atoms with van der Waals surface area (Å²) in [5.41, 5.74) is 1.52. The van der Waals surface area contributed by atoms with E-state index in [1.54, 1.807) is 17.0 Å². The fourth-order valence-electron chi connectivity index (χ4n) is 3.43. The second-order valence-electron chi connectivity index (χ2n) is 6.65. The van der Waals surface area contributed by atoms with Gasteiger partial charge in [-0.3, -0.25) is 4.79 Å². The van der Waals surface area contributed by atoms with Crippen molar-refractivity contribution in [2.24, 2.45) is 0 Å². The number of amides is 1. The molecular weight excluding hydrogens is 354 g/mol. The highest BCUT2D eigenvalue weighted by Crippen LogP contribution is 2.37. The van der Waals surface area contributed by atoms with Crippen LogP contribution >= 0.6 is 0 Å². The molecule has 1 saturated heterocycles. The molecule has 7 heteroatoms. The van der Waals surface area contributed by atoms with Gasteiger partial charge in [0.05, 0.1) is 4.90 Å². The topological polar surface area (TPSA) is 72.9 Å². The van der Waals surface area contributed by atoms with E-state index in [2.05, 4.69) is 0 Å². The average Bonchev–Trinajstić information content (AvgIpc) is 3.29. The van der Waals surface area contributed by atoms with Gasteiger partial charge in [0.15, 0.2) is 21.3 Å². The molecule has 0 saturated carbocycles. The van der Waals surface area contributed by atoms with Crippen LogP contribution < -0.4 is 9.47 Å². The van der Waals surface area contributed by atoms with Crippen LogP contribution in [0.4, 0.5) is 0 Å². The fraction of sp³-hybridized carbons (Fsp3) is 0.316. The Balaban J connectivity index is 1.51. The van der Waals surface area contributed by atoms with Gasteiger partial charge in [0.2, 0.25) is 6.79 Å². The molecular formula is C19H19NO5S. The highest BCUT2D eigenvalue weighted by atomic mass is 32.2. The van der Waals surface area contributed by atoms with E-state index in [-0.39, 0.29) is 23.5 Å². The predicted octanol–water partition coefficient (Wildman–Crippen LogP) is 2.45. The summed E-state index contributed by atoms with van der Waals surface area (Å²) >= 11 is 0. The van der Waals surface area contributed by atoms with E-state index in [1.165, 1.54) is 12.1 Å². The number of rotatable bonds is 3. The number of fused-ring (bicyclic) bond motifs is 1. The van der Waals surface area contributed by atoms with Crippen molar-refractivity contribution in [1.29, 1.82) is 0 Å². The molecule has 2 aliphatic rings. The first-order valence-corrected chi connectivity index (χ1v) is 10.3. The van der Waals surface area contributed by atoms with Crippen molar-refractivity contribution in [3.05, 3.63) is 53.6 Å². The van der Waals surface area contributed by atoms with Crippen LogP contribution in [-0.2, 0) is 9.84 Å². The maximum atomic E-state index is 12.8. The minimum atomic E-state index is -3.34. The summed E-state index contributed by atoms with van der Waals surface area (Å²) in [6, 6.07) is 12.1. The largest absolute Gasteiger partial charge is 0.454 e. The van der Waals surface area contributed by atoms with E-state index in [0.717, 1.165) is 29.7 Å². The quantitative estimate of drug-likeness (QED) is 0.826. The molecule has 0 spiro atoms. The lowest BCUT2D eigenvalue weighted by Gasteiger charge is -2.17. The van der Waals surface area contributed by atoms with E-state index in [0.29, 0.717) is 18.7 Å². The first-order valence-electron chi connectivity index (χ1n) is 8.41. The van der Waals surface area contributed by atoms with Crippen molar-refractivity contribution in [3.63, 3.8) is 0 Å². The molecule has 2 aromatic carbocycles. The molecule has 0 N–H and O–H groups in total. The number of nitrogens with zero attached hydrogens (tertiary/aromatic N) is 1. The lowest BCUT2D eigenvalue weighted by Crippen LogP contribution is -2.28. The number of benzene rings is 2. The highest BCUT2D eigenvalue weighted by Gasteiger charge is 2.29. The van der Waals surface area contributed by atoms with Crippen molar-refractivity contribution in [2.45, 2.75) is 17.2 Å². The standard InChI is InChI=1S/C19H19NO5S/c1-26(22,23)16-4-2-3-14(9-16)19(21)20-8-7-15(11-20)13-5-6-17-18(10-13)25-12-24-17/h2-6,9-10,15H,7-8,11-12H2,1H3. The number of carbonyl (C=O) groups excluding carboxylic acids is 1. The number of ether oxygens (including phenoxy) is 2. The number of sulfone groups is 1. The number of likely N-dealkylation sites (tertiary alicyclic amines) is 1. The molecule has 6 nitrogen and oxygen atoms in total. The summed E-state index contributed by atoms with van der Waals surface area (Å²) in [5, 5.41) is 0. The van der Waals surface area contributed by atoms with E-state index in [9.17, 15) is 13.2 Å². The number of hydrogen-bond acceptors (Lipinski definition) is 5. The molecule has 136 valence electrons. The smallest absolute Gasteiger partial charge is 0.253 e. The summed E-state index contributed by atoms with van der Waals surface area (Å²) in [6.45, 7) is 1.48. The van der Waals surface area contributed by atoms with Crippen LogP contribution in [0.2, 0.25) is 0 Å². The first-order chi connectivity index (χ1) is 12.4. The molecule has 1 fully saturated rings. The van der Waals surface area contributed by atoms with Crippen LogP contribution in [0.15, 0.2) is 47.4 Å². The second kappa shape index (κ2) is 6.32. The lowest BCUT2D eigenvalue weighted by molar-refractivity contribution is 0.0790. The Kier molecular flexibility index (Phi) is 4.11. The Bertz CT molecular complexity index is 970. The zero-order chi connectivity index (χ0) is 18.3. The zero-order valence-electron chi connectivity index (χ0n) is 14.3. The van der Waals surface area contributed by atoms with Crippen LogP contribution in [-0.4, -0.2) is 45.4 Å². The fourth-order valence-corrected chi connectivity index (χ4v) is 4.09. The van der Waals surface area contributed by atoms with Crippen LogP contribution in [0, 0.1) is 0 Å². The number of carbonyl (C=O) groups is 1. The molecule has 0 bridgehead atoms. The molecule has 1 amide bonds. The summed E-state index contributed by atoms with van der Waals surface area (Å²) in [5.74, 6) is 1.58. The van der Waals surface area contributed by atoms with Gasteiger partial charge in [0.1, 0.15) is 0 Å².